The number of halogens is 3. The van der Waals surface area contributed by atoms with Gasteiger partial charge in [-0.25, -0.2) is 8.42 Å². The molecular weight excluding hydrogens is 293 g/mol. The number of sulfone groups is 1. The molecule has 0 aliphatic rings. The van der Waals surface area contributed by atoms with Crippen molar-refractivity contribution in [2.75, 3.05) is 23.9 Å². The van der Waals surface area contributed by atoms with E-state index in [-0.39, 0.29) is 12.3 Å². The zero-order valence-corrected chi connectivity index (χ0v) is 11.5. The van der Waals surface area contributed by atoms with Gasteiger partial charge in [0.1, 0.15) is 9.84 Å². The van der Waals surface area contributed by atoms with E-state index in [1.54, 1.807) is 0 Å². The molecule has 0 unspecified atom stereocenters. The van der Waals surface area contributed by atoms with E-state index in [2.05, 4.69) is 5.32 Å². The lowest BCUT2D eigenvalue weighted by molar-refractivity contribution is 0.602. The summed E-state index contributed by atoms with van der Waals surface area (Å²) in [5, 5.41) is 4.03. The lowest BCUT2D eigenvalue weighted by Gasteiger charge is -2.10. The van der Waals surface area contributed by atoms with Gasteiger partial charge in [0.15, 0.2) is 0 Å². The Labute approximate surface area is 110 Å². The van der Waals surface area contributed by atoms with Crippen LogP contribution in [-0.2, 0) is 9.84 Å². The number of benzene rings is 1. The molecule has 0 aromatic heterocycles. The molecule has 1 rings (SSSR count). The molecule has 1 aromatic carbocycles. The molecule has 0 spiro atoms. The van der Waals surface area contributed by atoms with Crippen molar-refractivity contribution in [1.82, 2.24) is 0 Å². The van der Waals surface area contributed by atoms with Crippen LogP contribution in [0.25, 0.3) is 0 Å². The van der Waals surface area contributed by atoms with Gasteiger partial charge in [-0.3, -0.25) is 0 Å². The van der Waals surface area contributed by atoms with E-state index >= 15 is 0 Å². The van der Waals surface area contributed by atoms with E-state index in [1.807, 2.05) is 0 Å². The molecule has 0 atom stereocenters. The number of hydrogen-bond acceptors (Lipinski definition) is 3. The van der Waals surface area contributed by atoms with Gasteiger partial charge < -0.3 is 5.32 Å². The highest BCUT2D eigenvalue weighted by Gasteiger charge is 2.08. The molecule has 0 bridgehead atoms. The minimum absolute atomic E-state index is 0.0162. The normalized spacial score (nSPS) is 11.5. The third kappa shape index (κ3) is 4.37. The molecule has 16 heavy (non-hydrogen) atoms. The standard InChI is InChI=1S/C9H10Cl3NO2S/c1-16(14,15)3-2-13-9-7(11)4-6(10)5-8(9)12/h4-5,13H,2-3H2,1H3. The Morgan fingerprint density at radius 2 is 1.69 bits per heavy atom. The van der Waals surface area contributed by atoms with E-state index in [0.717, 1.165) is 0 Å². The first kappa shape index (κ1) is 13.9. The maximum atomic E-state index is 10.9. The second-order valence-electron chi connectivity index (χ2n) is 3.30. The van der Waals surface area contributed by atoms with Crippen LogP contribution in [0.5, 0.6) is 0 Å². The summed E-state index contributed by atoms with van der Waals surface area (Å²) in [4.78, 5) is 0. The van der Waals surface area contributed by atoms with Crippen LogP contribution < -0.4 is 5.32 Å². The van der Waals surface area contributed by atoms with Crippen molar-refractivity contribution in [2.24, 2.45) is 0 Å². The lowest BCUT2D eigenvalue weighted by atomic mass is 10.3. The van der Waals surface area contributed by atoms with E-state index < -0.39 is 9.84 Å². The summed E-state index contributed by atoms with van der Waals surface area (Å²) in [6, 6.07) is 3.08. The third-order valence-electron chi connectivity index (χ3n) is 1.78. The predicted octanol–water partition coefficient (Wildman–Crippen LogP) is 3.10. The Hall–Kier alpha value is -0.160. The summed E-state index contributed by atoms with van der Waals surface area (Å²) in [7, 11) is -3.00. The van der Waals surface area contributed by atoms with Crippen molar-refractivity contribution in [1.29, 1.82) is 0 Å². The average molecular weight is 303 g/mol. The number of nitrogens with one attached hydrogen (secondary N) is 1. The van der Waals surface area contributed by atoms with Crippen LogP contribution in [0, 0.1) is 0 Å². The second kappa shape index (κ2) is 5.45. The van der Waals surface area contributed by atoms with Crippen LogP contribution in [0.3, 0.4) is 0 Å². The summed E-state index contributed by atoms with van der Waals surface area (Å²) < 4.78 is 21.8. The van der Waals surface area contributed by atoms with Crippen molar-refractivity contribution in [2.45, 2.75) is 0 Å². The second-order valence-corrected chi connectivity index (χ2v) is 6.81. The highest BCUT2D eigenvalue weighted by Crippen LogP contribution is 2.33. The Morgan fingerprint density at radius 3 is 2.12 bits per heavy atom. The number of anilines is 1. The van der Waals surface area contributed by atoms with Crippen molar-refractivity contribution in [3.63, 3.8) is 0 Å². The summed E-state index contributed by atoms with van der Waals surface area (Å²) >= 11 is 17.5. The maximum Gasteiger partial charge on any atom is 0.149 e. The Kier molecular flexibility index (Phi) is 4.73. The van der Waals surface area contributed by atoms with Gasteiger partial charge in [-0.15, -0.1) is 0 Å². The van der Waals surface area contributed by atoms with Gasteiger partial charge in [0.05, 0.1) is 21.5 Å². The van der Waals surface area contributed by atoms with E-state index in [4.69, 9.17) is 34.8 Å². The Bertz CT molecular complexity index is 465. The van der Waals surface area contributed by atoms with E-state index in [1.165, 1.54) is 18.4 Å². The fourth-order valence-corrected chi connectivity index (χ4v) is 2.50. The first-order chi connectivity index (χ1) is 7.29. The van der Waals surface area contributed by atoms with Gasteiger partial charge in [0, 0.05) is 17.8 Å². The fraction of sp³-hybridized carbons (Fsp3) is 0.333. The van der Waals surface area contributed by atoms with Crippen LogP contribution in [0.4, 0.5) is 5.69 Å². The predicted molar refractivity (Wildman–Crippen MR) is 69.7 cm³/mol. The van der Waals surface area contributed by atoms with Crippen molar-refractivity contribution < 1.29 is 8.42 Å². The van der Waals surface area contributed by atoms with E-state index in [0.29, 0.717) is 20.8 Å². The highest BCUT2D eigenvalue weighted by atomic mass is 35.5. The number of rotatable bonds is 4. The van der Waals surface area contributed by atoms with Crippen LogP contribution in [-0.4, -0.2) is 27.0 Å². The van der Waals surface area contributed by atoms with Crippen molar-refractivity contribution in [3.05, 3.63) is 27.2 Å². The van der Waals surface area contributed by atoms with Crippen molar-refractivity contribution in [3.8, 4) is 0 Å². The summed E-state index contributed by atoms with van der Waals surface area (Å²) in [5.41, 5.74) is 0.497. The van der Waals surface area contributed by atoms with Gasteiger partial charge in [-0.1, -0.05) is 34.8 Å². The Balaban J connectivity index is 2.75. The smallest absolute Gasteiger partial charge is 0.149 e. The van der Waals surface area contributed by atoms with E-state index in [9.17, 15) is 8.42 Å². The minimum Gasteiger partial charge on any atom is -0.382 e. The summed E-state index contributed by atoms with van der Waals surface area (Å²) in [6.07, 6.45) is 1.17. The summed E-state index contributed by atoms with van der Waals surface area (Å²) in [6.45, 7) is 0.250. The van der Waals surface area contributed by atoms with Crippen molar-refractivity contribution >= 4 is 50.3 Å². The molecule has 0 saturated carbocycles. The topological polar surface area (TPSA) is 46.2 Å². The fourth-order valence-electron chi connectivity index (χ4n) is 1.07. The molecule has 0 saturated heterocycles. The largest absolute Gasteiger partial charge is 0.382 e. The van der Waals surface area contributed by atoms with Gasteiger partial charge in [0.2, 0.25) is 0 Å². The molecule has 7 heteroatoms. The average Bonchev–Trinajstić information content (AvgIpc) is 2.07. The molecule has 0 heterocycles. The molecule has 0 aliphatic carbocycles. The van der Waals surface area contributed by atoms with Gasteiger partial charge in [0.25, 0.3) is 0 Å². The lowest BCUT2D eigenvalue weighted by Crippen LogP contribution is -2.14. The van der Waals surface area contributed by atoms with Crippen LogP contribution >= 0.6 is 34.8 Å². The van der Waals surface area contributed by atoms with Gasteiger partial charge >= 0.3 is 0 Å². The molecule has 0 radical (unpaired) electrons. The number of hydrogen-bond donors (Lipinski definition) is 1. The molecule has 0 amide bonds. The molecule has 0 fully saturated rings. The first-order valence-corrected chi connectivity index (χ1v) is 7.55. The summed E-state index contributed by atoms with van der Waals surface area (Å²) in [5.74, 6) is 0.0162. The van der Waals surface area contributed by atoms with Gasteiger partial charge in [-0.05, 0) is 12.1 Å². The first-order valence-electron chi connectivity index (χ1n) is 4.36. The van der Waals surface area contributed by atoms with Gasteiger partial charge in [-0.2, -0.15) is 0 Å². The zero-order chi connectivity index (χ0) is 12.3. The third-order valence-corrected chi connectivity index (χ3v) is 3.54. The molecular formula is C9H10Cl3NO2S. The maximum absolute atomic E-state index is 10.9. The molecule has 1 aromatic rings. The highest BCUT2D eigenvalue weighted by molar-refractivity contribution is 7.90. The van der Waals surface area contributed by atoms with Crippen LogP contribution in [0.1, 0.15) is 0 Å². The quantitative estimate of drug-likeness (QED) is 0.929. The minimum atomic E-state index is -3.00. The molecule has 90 valence electrons. The molecule has 1 N–H and O–H groups in total. The van der Waals surface area contributed by atoms with Crippen LogP contribution in [0.2, 0.25) is 15.1 Å². The molecule has 0 aliphatic heterocycles. The SMILES string of the molecule is CS(=O)(=O)CCNc1c(Cl)cc(Cl)cc1Cl. The molecule has 3 nitrogen and oxygen atoms in total. The van der Waals surface area contributed by atoms with Crippen LogP contribution in [0.15, 0.2) is 12.1 Å². The zero-order valence-electron chi connectivity index (χ0n) is 8.43. The monoisotopic (exact) mass is 301 g/mol. The Morgan fingerprint density at radius 1 is 1.19 bits per heavy atom.